The van der Waals surface area contributed by atoms with Crippen LogP contribution in [0.4, 0.5) is 11.4 Å². The van der Waals surface area contributed by atoms with E-state index in [1.54, 1.807) is 4.57 Å². The summed E-state index contributed by atoms with van der Waals surface area (Å²) in [6.45, 7) is 11.9. The first kappa shape index (κ1) is 19.6. The van der Waals surface area contributed by atoms with Gasteiger partial charge in [-0.3, -0.25) is 9.59 Å². The molecule has 6 nitrogen and oxygen atoms in total. The highest BCUT2D eigenvalue weighted by Crippen LogP contribution is 2.24. The number of hydrogen-bond donors (Lipinski definition) is 1. The molecule has 0 aliphatic carbocycles. The highest BCUT2D eigenvalue weighted by Gasteiger charge is 2.16. The Hall–Kier alpha value is -2.12. The molecule has 0 unspecified atom stereocenters. The van der Waals surface area contributed by atoms with Gasteiger partial charge >= 0.3 is 4.87 Å². The van der Waals surface area contributed by atoms with Gasteiger partial charge in [0.1, 0.15) is 0 Å². The fourth-order valence-corrected chi connectivity index (χ4v) is 4.17. The van der Waals surface area contributed by atoms with Crippen molar-refractivity contribution in [1.82, 2.24) is 9.47 Å². The maximum atomic E-state index is 12.3. The quantitative estimate of drug-likeness (QED) is 0.827. The number of aromatic nitrogens is 1. The van der Waals surface area contributed by atoms with E-state index in [2.05, 4.69) is 34.2 Å². The van der Waals surface area contributed by atoms with Crippen LogP contribution in [-0.4, -0.2) is 48.1 Å². The van der Waals surface area contributed by atoms with Gasteiger partial charge < -0.3 is 19.7 Å². The predicted molar refractivity (Wildman–Crippen MR) is 112 cm³/mol. The summed E-state index contributed by atoms with van der Waals surface area (Å²) in [6.07, 6.45) is 0.289. The highest BCUT2D eigenvalue weighted by molar-refractivity contribution is 7.07. The molecule has 7 heteroatoms. The fourth-order valence-electron chi connectivity index (χ4n) is 3.41. The molecule has 1 fully saturated rings. The Morgan fingerprint density at radius 3 is 2.52 bits per heavy atom. The van der Waals surface area contributed by atoms with Gasteiger partial charge in [0, 0.05) is 61.6 Å². The molecule has 1 aliphatic heterocycles. The summed E-state index contributed by atoms with van der Waals surface area (Å²) in [5.41, 5.74) is 4.01. The first-order chi connectivity index (χ1) is 13.0. The Labute approximate surface area is 164 Å². The van der Waals surface area contributed by atoms with Gasteiger partial charge in [0.25, 0.3) is 0 Å². The van der Waals surface area contributed by atoms with E-state index >= 15 is 0 Å². The second-order valence-corrected chi connectivity index (χ2v) is 7.83. The zero-order valence-corrected chi connectivity index (χ0v) is 17.1. The van der Waals surface area contributed by atoms with Crippen molar-refractivity contribution in [1.29, 1.82) is 0 Å². The van der Waals surface area contributed by atoms with Crippen molar-refractivity contribution in [3.05, 3.63) is 44.5 Å². The SMILES string of the molecule is CCN1CCN(c2ccc(NC(=O)CCn3c(C)csc3=O)c(C)c2)CC1. The van der Waals surface area contributed by atoms with Crippen LogP contribution in [0.1, 0.15) is 24.6 Å². The molecule has 1 N–H and O–H groups in total. The van der Waals surface area contributed by atoms with Gasteiger partial charge in [0.2, 0.25) is 5.91 Å². The smallest absolute Gasteiger partial charge is 0.307 e. The number of nitrogens with zero attached hydrogens (tertiary/aromatic N) is 3. The summed E-state index contributed by atoms with van der Waals surface area (Å²) < 4.78 is 1.65. The van der Waals surface area contributed by atoms with Crippen molar-refractivity contribution in [3.8, 4) is 0 Å². The lowest BCUT2D eigenvalue weighted by molar-refractivity contribution is -0.116. The highest BCUT2D eigenvalue weighted by atomic mass is 32.1. The molecule has 2 heterocycles. The normalized spacial score (nSPS) is 15.1. The second-order valence-electron chi connectivity index (χ2n) is 7.01. The maximum Gasteiger partial charge on any atom is 0.307 e. The van der Waals surface area contributed by atoms with E-state index in [0.29, 0.717) is 6.54 Å². The van der Waals surface area contributed by atoms with Crippen LogP contribution in [0.2, 0.25) is 0 Å². The zero-order chi connectivity index (χ0) is 19.4. The molecule has 0 spiro atoms. The first-order valence-corrected chi connectivity index (χ1v) is 10.4. The molecule has 0 saturated carbocycles. The molecule has 1 aliphatic rings. The third kappa shape index (κ3) is 4.78. The summed E-state index contributed by atoms with van der Waals surface area (Å²) in [7, 11) is 0. The van der Waals surface area contributed by atoms with Crippen molar-refractivity contribution >= 4 is 28.6 Å². The lowest BCUT2D eigenvalue weighted by Crippen LogP contribution is -2.46. The topological polar surface area (TPSA) is 57.6 Å². The number of thiazole rings is 1. The molecule has 1 aromatic heterocycles. The van der Waals surface area contributed by atoms with E-state index in [-0.39, 0.29) is 17.2 Å². The molecule has 0 atom stereocenters. The number of aryl methyl sites for hydroxylation is 2. The molecule has 0 radical (unpaired) electrons. The first-order valence-electron chi connectivity index (χ1n) is 9.50. The molecule has 27 heavy (non-hydrogen) atoms. The van der Waals surface area contributed by atoms with E-state index < -0.39 is 0 Å². The summed E-state index contributed by atoms with van der Waals surface area (Å²) in [5.74, 6) is -0.0695. The van der Waals surface area contributed by atoms with Crippen LogP contribution in [0, 0.1) is 13.8 Å². The molecule has 3 rings (SSSR count). The van der Waals surface area contributed by atoms with Crippen LogP contribution in [-0.2, 0) is 11.3 Å². The predicted octanol–water partition coefficient (Wildman–Crippen LogP) is 2.70. The van der Waals surface area contributed by atoms with Crippen LogP contribution >= 0.6 is 11.3 Å². The van der Waals surface area contributed by atoms with Crippen molar-refractivity contribution in [2.45, 2.75) is 33.7 Å². The van der Waals surface area contributed by atoms with Crippen LogP contribution in [0.25, 0.3) is 0 Å². The minimum absolute atomic E-state index is 0.0102. The Morgan fingerprint density at radius 1 is 1.19 bits per heavy atom. The fraction of sp³-hybridized carbons (Fsp3) is 0.500. The number of nitrogens with one attached hydrogen (secondary N) is 1. The maximum absolute atomic E-state index is 12.3. The summed E-state index contributed by atoms with van der Waals surface area (Å²) in [6, 6.07) is 6.21. The van der Waals surface area contributed by atoms with Crippen molar-refractivity contribution in [2.75, 3.05) is 42.9 Å². The molecular formula is C20H28N4O2S. The van der Waals surface area contributed by atoms with Gasteiger partial charge in [0.05, 0.1) is 0 Å². The van der Waals surface area contributed by atoms with E-state index in [0.717, 1.165) is 49.7 Å². The van der Waals surface area contributed by atoms with Crippen LogP contribution in [0.5, 0.6) is 0 Å². The number of carbonyl (C=O) groups excluding carboxylic acids is 1. The number of piperazine rings is 1. The number of hydrogen-bond acceptors (Lipinski definition) is 5. The van der Waals surface area contributed by atoms with Crippen LogP contribution in [0.3, 0.4) is 0 Å². The number of likely N-dealkylation sites (N-methyl/N-ethyl adjacent to an activating group) is 1. The van der Waals surface area contributed by atoms with Gasteiger partial charge in [-0.25, -0.2) is 0 Å². The van der Waals surface area contributed by atoms with Crippen molar-refractivity contribution in [2.24, 2.45) is 0 Å². The molecule has 1 amide bonds. The third-order valence-corrected chi connectivity index (χ3v) is 6.09. The summed E-state index contributed by atoms with van der Waals surface area (Å²) in [5, 5.41) is 4.80. The average Bonchev–Trinajstić information content (AvgIpc) is 2.99. The van der Waals surface area contributed by atoms with E-state index in [9.17, 15) is 9.59 Å². The Morgan fingerprint density at radius 2 is 1.93 bits per heavy atom. The zero-order valence-electron chi connectivity index (χ0n) is 16.3. The van der Waals surface area contributed by atoms with Crippen LogP contribution < -0.4 is 15.1 Å². The molecular weight excluding hydrogens is 360 g/mol. The average molecular weight is 389 g/mol. The molecule has 146 valence electrons. The standard InChI is InChI=1S/C20H28N4O2S/c1-4-22-9-11-23(12-10-22)17-5-6-18(15(2)13-17)21-19(25)7-8-24-16(3)14-27-20(24)26/h5-6,13-14H,4,7-12H2,1-3H3,(H,21,25). The summed E-state index contributed by atoms with van der Waals surface area (Å²) in [4.78, 5) is 28.9. The van der Waals surface area contributed by atoms with E-state index in [1.807, 2.05) is 25.3 Å². The number of amides is 1. The Balaban J connectivity index is 1.57. The molecule has 0 bridgehead atoms. The van der Waals surface area contributed by atoms with E-state index in [4.69, 9.17) is 0 Å². The molecule has 1 saturated heterocycles. The molecule has 1 aromatic carbocycles. The van der Waals surface area contributed by atoms with Gasteiger partial charge in [-0.05, 0) is 44.2 Å². The van der Waals surface area contributed by atoms with Crippen molar-refractivity contribution < 1.29 is 4.79 Å². The minimum Gasteiger partial charge on any atom is -0.369 e. The number of rotatable bonds is 6. The largest absolute Gasteiger partial charge is 0.369 e. The van der Waals surface area contributed by atoms with Gasteiger partial charge in [0.15, 0.2) is 0 Å². The Bertz CT molecular complexity index is 850. The van der Waals surface area contributed by atoms with Gasteiger partial charge in [-0.15, -0.1) is 0 Å². The lowest BCUT2D eigenvalue weighted by Gasteiger charge is -2.35. The molecule has 2 aromatic rings. The van der Waals surface area contributed by atoms with Crippen LogP contribution in [0.15, 0.2) is 28.4 Å². The van der Waals surface area contributed by atoms with Crippen molar-refractivity contribution in [3.63, 3.8) is 0 Å². The number of carbonyl (C=O) groups is 1. The third-order valence-electron chi connectivity index (χ3n) is 5.21. The number of anilines is 2. The van der Waals surface area contributed by atoms with Gasteiger partial charge in [-0.1, -0.05) is 18.3 Å². The monoisotopic (exact) mass is 388 g/mol. The van der Waals surface area contributed by atoms with E-state index in [1.165, 1.54) is 17.0 Å². The lowest BCUT2D eigenvalue weighted by atomic mass is 10.1. The Kier molecular flexibility index (Phi) is 6.34. The van der Waals surface area contributed by atoms with Gasteiger partial charge in [-0.2, -0.15) is 0 Å². The number of benzene rings is 1. The summed E-state index contributed by atoms with van der Waals surface area (Å²) >= 11 is 1.17. The second kappa shape index (κ2) is 8.71. The minimum atomic E-state index is -0.0695.